The Balaban J connectivity index is 2.08. The third-order valence-corrected chi connectivity index (χ3v) is 2.81. The van der Waals surface area contributed by atoms with Crippen molar-refractivity contribution in [1.82, 2.24) is 5.32 Å². The van der Waals surface area contributed by atoms with Crippen LogP contribution in [0.5, 0.6) is 0 Å². The van der Waals surface area contributed by atoms with Crippen LogP contribution in [-0.2, 0) is 4.74 Å². The fourth-order valence-corrected chi connectivity index (χ4v) is 1.62. The molecule has 3 heteroatoms. The van der Waals surface area contributed by atoms with Crippen LogP contribution in [0.3, 0.4) is 0 Å². The maximum atomic E-state index is 9.07. The van der Waals surface area contributed by atoms with Crippen molar-refractivity contribution in [3.05, 3.63) is 0 Å². The lowest BCUT2D eigenvalue weighted by molar-refractivity contribution is 0.0646. The summed E-state index contributed by atoms with van der Waals surface area (Å²) < 4.78 is 5.30. The van der Waals surface area contributed by atoms with Crippen molar-refractivity contribution in [2.24, 2.45) is 11.3 Å². The van der Waals surface area contributed by atoms with Gasteiger partial charge in [0.2, 0.25) is 0 Å². The van der Waals surface area contributed by atoms with Gasteiger partial charge in [0, 0.05) is 31.8 Å². The van der Waals surface area contributed by atoms with Crippen LogP contribution in [0.15, 0.2) is 0 Å². The molecule has 2 N–H and O–H groups in total. The topological polar surface area (TPSA) is 41.5 Å². The average molecular weight is 201 g/mol. The lowest BCUT2D eigenvalue weighted by Gasteiger charge is -2.26. The van der Waals surface area contributed by atoms with Crippen molar-refractivity contribution >= 4 is 0 Å². The number of aliphatic hydroxyl groups is 1. The number of rotatable bonds is 5. The molecule has 1 rings (SSSR count). The number of hydrogen-bond donors (Lipinski definition) is 2. The maximum absolute atomic E-state index is 9.07. The second-order valence-electron chi connectivity index (χ2n) is 5.01. The van der Waals surface area contributed by atoms with Crippen molar-refractivity contribution in [2.45, 2.75) is 26.7 Å². The summed E-state index contributed by atoms with van der Waals surface area (Å²) in [4.78, 5) is 0. The smallest absolute Gasteiger partial charge is 0.0494 e. The highest BCUT2D eigenvalue weighted by Gasteiger charge is 2.18. The molecule has 0 amide bonds. The summed E-state index contributed by atoms with van der Waals surface area (Å²) in [6, 6.07) is 0. The molecule has 0 aromatic heterocycles. The second kappa shape index (κ2) is 5.69. The van der Waals surface area contributed by atoms with Gasteiger partial charge in [-0.05, 0) is 25.3 Å². The van der Waals surface area contributed by atoms with Gasteiger partial charge in [0.15, 0.2) is 0 Å². The average Bonchev–Trinajstić information content (AvgIpc) is 2.19. The SMILES string of the molecule is CC(C)(CO)CNCC1CCOCC1. The van der Waals surface area contributed by atoms with Crippen molar-refractivity contribution < 1.29 is 9.84 Å². The molecule has 1 saturated heterocycles. The molecule has 14 heavy (non-hydrogen) atoms. The fourth-order valence-electron chi connectivity index (χ4n) is 1.62. The first-order valence-corrected chi connectivity index (χ1v) is 5.53. The van der Waals surface area contributed by atoms with Gasteiger partial charge in [-0.2, -0.15) is 0 Å². The minimum atomic E-state index is 0.00513. The van der Waals surface area contributed by atoms with Crippen LogP contribution in [0.25, 0.3) is 0 Å². The summed E-state index contributed by atoms with van der Waals surface area (Å²) in [5, 5.41) is 12.5. The van der Waals surface area contributed by atoms with Crippen LogP contribution >= 0.6 is 0 Å². The van der Waals surface area contributed by atoms with Gasteiger partial charge in [-0.15, -0.1) is 0 Å². The van der Waals surface area contributed by atoms with Crippen molar-refractivity contribution in [3.63, 3.8) is 0 Å². The normalized spacial score (nSPS) is 19.9. The van der Waals surface area contributed by atoms with Gasteiger partial charge in [-0.3, -0.25) is 0 Å². The zero-order valence-electron chi connectivity index (χ0n) is 9.38. The Hall–Kier alpha value is -0.120. The Labute approximate surface area is 86.8 Å². The molecule has 0 saturated carbocycles. The predicted octanol–water partition coefficient (Wildman–Crippen LogP) is 1.02. The van der Waals surface area contributed by atoms with Crippen LogP contribution in [0.2, 0.25) is 0 Å². The van der Waals surface area contributed by atoms with Crippen LogP contribution in [0, 0.1) is 11.3 Å². The van der Waals surface area contributed by atoms with Gasteiger partial charge in [-0.1, -0.05) is 13.8 Å². The molecule has 0 aromatic carbocycles. The molecule has 1 aliphatic heterocycles. The van der Waals surface area contributed by atoms with E-state index in [4.69, 9.17) is 9.84 Å². The zero-order chi connectivity index (χ0) is 10.4. The Morgan fingerprint density at radius 1 is 1.36 bits per heavy atom. The Bertz CT molecular complexity index is 153. The second-order valence-corrected chi connectivity index (χ2v) is 5.01. The highest BCUT2D eigenvalue weighted by molar-refractivity contribution is 4.72. The van der Waals surface area contributed by atoms with Gasteiger partial charge in [-0.25, -0.2) is 0 Å². The first-order valence-electron chi connectivity index (χ1n) is 5.53. The number of nitrogens with one attached hydrogen (secondary N) is 1. The van der Waals surface area contributed by atoms with E-state index < -0.39 is 0 Å². The first kappa shape index (κ1) is 12.0. The summed E-state index contributed by atoms with van der Waals surface area (Å²) in [6.07, 6.45) is 2.35. The van der Waals surface area contributed by atoms with Crippen molar-refractivity contribution in [2.75, 3.05) is 32.9 Å². The van der Waals surface area contributed by atoms with Gasteiger partial charge >= 0.3 is 0 Å². The lowest BCUT2D eigenvalue weighted by atomic mass is 9.94. The van der Waals surface area contributed by atoms with Crippen molar-refractivity contribution in [1.29, 1.82) is 0 Å². The van der Waals surface area contributed by atoms with E-state index in [9.17, 15) is 0 Å². The van der Waals surface area contributed by atoms with E-state index >= 15 is 0 Å². The van der Waals surface area contributed by atoms with E-state index in [-0.39, 0.29) is 12.0 Å². The Morgan fingerprint density at radius 3 is 2.57 bits per heavy atom. The molecule has 0 aromatic rings. The van der Waals surface area contributed by atoms with E-state index in [0.29, 0.717) is 0 Å². The Morgan fingerprint density at radius 2 is 2.00 bits per heavy atom. The van der Waals surface area contributed by atoms with Gasteiger partial charge < -0.3 is 15.2 Å². The molecule has 0 unspecified atom stereocenters. The molecule has 0 radical (unpaired) electrons. The molecule has 1 heterocycles. The van der Waals surface area contributed by atoms with Gasteiger partial charge in [0.1, 0.15) is 0 Å². The minimum Gasteiger partial charge on any atom is -0.396 e. The number of aliphatic hydroxyl groups excluding tert-OH is 1. The summed E-state index contributed by atoms with van der Waals surface area (Å²) in [7, 11) is 0. The van der Waals surface area contributed by atoms with E-state index in [1.54, 1.807) is 0 Å². The van der Waals surface area contributed by atoms with E-state index in [0.717, 1.165) is 32.2 Å². The summed E-state index contributed by atoms with van der Waals surface area (Å²) in [5.74, 6) is 0.762. The molecule has 1 aliphatic rings. The third-order valence-electron chi connectivity index (χ3n) is 2.81. The molecular weight excluding hydrogens is 178 g/mol. The zero-order valence-corrected chi connectivity index (χ0v) is 9.38. The molecule has 3 nitrogen and oxygen atoms in total. The van der Waals surface area contributed by atoms with Crippen LogP contribution in [-0.4, -0.2) is 38.0 Å². The molecular formula is C11H23NO2. The summed E-state index contributed by atoms with van der Waals surface area (Å²) in [6.45, 7) is 8.17. The third kappa shape index (κ3) is 4.40. The number of ether oxygens (including phenoxy) is 1. The maximum Gasteiger partial charge on any atom is 0.0494 e. The van der Waals surface area contributed by atoms with Gasteiger partial charge in [0.25, 0.3) is 0 Å². The quantitative estimate of drug-likeness (QED) is 0.698. The van der Waals surface area contributed by atoms with E-state index in [2.05, 4.69) is 19.2 Å². The fraction of sp³-hybridized carbons (Fsp3) is 1.00. The molecule has 0 aliphatic carbocycles. The largest absolute Gasteiger partial charge is 0.396 e. The van der Waals surface area contributed by atoms with Crippen LogP contribution in [0.4, 0.5) is 0 Å². The van der Waals surface area contributed by atoms with E-state index in [1.165, 1.54) is 12.8 Å². The Kier molecular flexibility index (Phi) is 4.85. The summed E-state index contributed by atoms with van der Waals surface area (Å²) in [5.41, 5.74) is 0.00513. The molecule has 1 fully saturated rings. The van der Waals surface area contributed by atoms with Crippen LogP contribution in [0.1, 0.15) is 26.7 Å². The molecule has 84 valence electrons. The molecule has 0 spiro atoms. The number of hydrogen-bond acceptors (Lipinski definition) is 3. The highest BCUT2D eigenvalue weighted by Crippen LogP contribution is 2.15. The highest BCUT2D eigenvalue weighted by atomic mass is 16.5. The lowest BCUT2D eigenvalue weighted by Crippen LogP contribution is -2.36. The minimum absolute atomic E-state index is 0.00513. The van der Waals surface area contributed by atoms with Gasteiger partial charge in [0.05, 0.1) is 0 Å². The molecule has 0 bridgehead atoms. The standard InChI is InChI=1S/C11H23NO2/c1-11(2,9-13)8-12-7-10-3-5-14-6-4-10/h10,12-13H,3-9H2,1-2H3. The molecule has 0 atom stereocenters. The van der Waals surface area contributed by atoms with Crippen molar-refractivity contribution in [3.8, 4) is 0 Å². The van der Waals surface area contributed by atoms with Crippen LogP contribution < -0.4 is 5.32 Å². The first-order chi connectivity index (χ1) is 6.64. The monoisotopic (exact) mass is 201 g/mol. The predicted molar refractivity (Wildman–Crippen MR) is 57.3 cm³/mol. The van der Waals surface area contributed by atoms with E-state index in [1.807, 2.05) is 0 Å². The summed E-state index contributed by atoms with van der Waals surface area (Å²) >= 11 is 0.